The largest absolute Gasteiger partial charge is 0.382 e. The van der Waals surface area contributed by atoms with Crippen LogP contribution in [0.25, 0.3) is 83.4 Å². The van der Waals surface area contributed by atoms with E-state index in [1.54, 1.807) is 11.4 Å². The topological polar surface area (TPSA) is 336 Å². The number of aromatic amines is 3. The first-order valence-electron chi connectivity index (χ1n) is 33.3. The molecule has 1 aliphatic heterocycles. The Bertz CT molecular complexity index is 4910. The summed E-state index contributed by atoms with van der Waals surface area (Å²) < 4.78 is 5.53. The number of carbonyl (C=O) groups excluding carboxylic acids is 3. The van der Waals surface area contributed by atoms with Crippen LogP contribution in [0, 0.1) is 11.8 Å². The van der Waals surface area contributed by atoms with Gasteiger partial charge in [0.1, 0.15) is 70.1 Å². The van der Waals surface area contributed by atoms with E-state index in [0.717, 1.165) is 166 Å². The van der Waals surface area contributed by atoms with Crippen molar-refractivity contribution in [1.29, 1.82) is 0 Å². The average molecular weight is 1370 g/mol. The molecule has 0 unspecified atom stereocenters. The van der Waals surface area contributed by atoms with Gasteiger partial charge >= 0.3 is 6.03 Å². The number of imidazole rings is 3. The van der Waals surface area contributed by atoms with Crippen LogP contribution in [-0.4, -0.2) is 141 Å². The number of thiophene rings is 1. The number of hydrogen-bond acceptors (Lipinski definition) is 16. The van der Waals surface area contributed by atoms with Crippen LogP contribution in [0.2, 0.25) is 5.02 Å². The number of fused-ring (bicyclic) bond motifs is 6. The van der Waals surface area contributed by atoms with Crippen LogP contribution in [-0.2, 0) is 4.79 Å². The van der Waals surface area contributed by atoms with Crippen LogP contribution in [0.4, 0.5) is 22.2 Å². The minimum absolute atomic E-state index is 0. The monoisotopic (exact) mass is 1370 g/mol. The van der Waals surface area contributed by atoms with Gasteiger partial charge in [-0.1, -0.05) is 75.0 Å². The molecule has 2 saturated carbocycles. The van der Waals surface area contributed by atoms with Gasteiger partial charge in [-0.25, -0.2) is 48.2 Å². The number of para-hydroxylation sites is 3. The number of anilines is 3. The quantitative estimate of drug-likeness (QED) is 0.0532. The summed E-state index contributed by atoms with van der Waals surface area (Å²) in [6, 6.07) is 30.3. The minimum Gasteiger partial charge on any atom is -0.382 e. The molecule has 0 atom stereocenters. The Morgan fingerprint density at radius 3 is 1.43 bits per heavy atom. The molecule has 11 N–H and O–H groups in total. The van der Waals surface area contributed by atoms with Crippen molar-refractivity contribution in [2.75, 3.05) is 56.5 Å². The first-order valence-corrected chi connectivity index (χ1v) is 34.6. The van der Waals surface area contributed by atoms with Gasteiger partial charge in [-0.05, 0) is 138 Å². The zero-order valence-electron chi connectivity index (χ0n) is 54.3. The Morgan fingerprint density at radius 2 is 1.00 bits per heavy atom. The lowest BCUT2D eigenvalue weighted by Gasteiger charge is -2.34. The number of aromatic nitrogens is 15. The fourth-order valence-electron chi connectivity index (χ4n) is 14.2. The van der Waals surface area contributed by atoms with Gasteiger partial charge < -0.3 is 52.6 Å². The van der Waals surface area contributed by atoms with E-state index in [1.807, 2.05) is 104 Å². The zero-order chi connectivity index (χ0) is 66.8. The molecule has 99 heavy (non-hydrogen) atoms. The minimum atomic E-state index is 0. The van der Waals surface area contributed by atoms with Crippen molar-refractivity contribution in [1.82, 2.24) is 94.1 Å². The number of hydrogen-bond donors (Lipinski definition) is 8. The Labute approximate surface area is 581 Å². The highest BCUT2D eigenvalue weighted by molar-refractivity contribution is 7.08. The smallest absolute Gasteiger partial charge is 0.319 e. The number of carbonyl (C=O) groups is 3. The van der Waals surface area contributed by atoms with Gasteiger partial charge in [0.2, 0.25) is 5.91 Å². The molecule has 0 spiro atoms. The molecule has 2 aliphatic carbocycles. The zero-order valence-corrected chi connectivity index (χ0v) is 55.8. The second kappa shape index (κ2) is 29.7. The molecule has 27 heteroatoms. The number of nitrogens with zero attached hydrogens (tertiary/aromatic N) is 14. The number of likely N-dealkylation sites (tertiary alicyclic amines) is 1. The number of halogens is 1. The van der Waals surface area contributed by atoms with E-state index in [2.05, 4.69) is 86.2 Å². The molecular formula is C72H85ClN22O3S. The molecule has 4 amide bonds. The summed E-state index contributed by atoms with van der Waals surface area (Å²) in [7, 11) is 0. The molecule has 11 heterocycles. The molecule has 1 saturated heterocycles. The summed E-state index contributed by atoms with van der Waals surface area (Å²) in [4.78, 5) is 78.0. The van der Waals surface area contributed by atoms with Crippen LogP contribution in [0.15, 0.2) is 121 Å². The van der Waals surface area contributed by atoms with Crippen molar-refractivity contribution in [2.45, 2.75) is 118 Å². The molecule has 3 aliphatic rings. The summed E-state index contributed by atoms with van der Waals surface area (Å²) >= 11 is 7.91. The first-order chi connectivity index (χ1) is 47.3. The fourth-order valence-corrected chi connectivity index (χ4v) is 15.1. The number of nitrogens with one attached hydrogen (secondary N) is 5. The molecule has 3 fully saturated rings. The van der Waals surface area contributed by atoms with Gasteiger partial charge in [-0.2, -0.15) is 26.6 Å². The summed E-state index contributed by atoms with van der Waals surface area (Å²) in [5, 5.41) is 27.2. The number of benzene rings is 3. The Hall–Kier alpha value is -10.5. The normalized spacial score (nSPS) is 17.2. The van der Waals surface area contributed by atoms with Crippen molar-refractivity contribution >= 4 is 107 Å². The van der Waals surface area contributed by atoms with Gasteiger partial charge in [-0.3, -0.25) is 9.59 Å². The van der Waals surface area contributed by atoms with Gasteiger partial charge in [0.25, 0.3) is 5.91 Å². The lowest BCUT2D eigenvalue weighted by Crippen LogP contribution is -2.46. The van der Waals surface area contributed by atoms with E-state index in [1.165, 1.54) is 30.3 Å². The molecule has 514 valence electrons. The van der Waals surface area contributed by atoms with Crippen LogP contribution in [0.5, 0.6) is 0 Å². The van der Waals surface area contributed by atoms with E-state index < -0.39 is 0 Å². The molecule has 0 radical (unpaired) electrons. The number of urea groups is 1. The molecule has 25 nitrogen and oxygen atoms in total. The van der Waals surface area contributed by atoms with Crippen molar-refractivity contribution < 1.29 is 14.4 Å². The predicted molar refractivity (Wildman–Crippen MR) is 393 cm³/mol. The third-order valence-electron chi connectivity index (χ3n) is 19.5. The lowest BCUT2D eigenvalue weighted by molar-refractivity contribution is -0.119. The maximum absolute atomic E-state index is 12.7. The summed E-state index contributed by atoms with van der Waals surface area (Å²) in [6.45, 7) is 9.85. The van der Waals surface area contributed by atoms with Gasteiger partial charge in [0.15, 0.2) is 17.5 Å². The highest BCUT2D eigenvalue weighted by Crippen LogP contribution is 2.42. The van der Waals surface area contributed by atoms with Crippen molar-refractivity contribution in [2.24, 2.45) is 11.8 Å². The fraction of sp³-hybridized carbons (Fsp3) is 0.361. The van der Waals surface area contributed by atoms with E-state index in [0.29, 0.717) is 84.2 Å². The van der Waals surface area contributed by atoms with Gasteiger partial charge in [0.05, 0.1) is 27.6 Å². The van der Waals surface area contributed by atoms with E-state index in [-0.39, 0.29) is 44.5 Å². The van der Waals surface area contributed by atoms with Crippen molar-refractivity contribution in [3.8, 4) is 34.2 Å². The highest BCUT2D eigenvalue weighted by Gasteiger charge is 2.33. The first kappa shape index (κ1) is 68.5. The Balaban J connectivity index is 0.000000140. The second-order valence-electron chi connectivity index (χ2n) is 25.4. The molecule has 0 bridgehead atoms. The standard InChI is InChI=1S/C25H25N7OS.C23H27ClN8O.C22H25N7O.2CH4/c26-23-22-21(20-11-17-3-1-2-4-19(17)30-20)31-24(32(22)29-14-28-23)16-7-5-15(6-8-16)12-27-25(33)18-9-10-34-13-18;1-3-30(4-2)23(33)31-10-8-14(9-11-31)22-29-19(20-21(25)26-13-27-32(20)22)17-12-15-6-5-7-16(24)18(15)28-17;1-13(30)24-11-14-6-8-15(9-7-14)22-28-19(20-21(23)25-12-26-29(20)22)18-10-16-4-2-3-5-17(16)27-18;;/h1-4,9-11,13-16,30H,5-8,12H2,(H,27,33)(H2,26,28,29);5-7,12-14,28H,3-4,8-11H2,1-2H3,(H2,25,26,27);2-5,10,12,14-15,27H,6-9,11H2,1H3,(H,24,30)(H2,23,25,26);2*1H4. The summed E-state index contributed by atoms with van der Waals surface area (Å²) in [5.74, 6) is 5.71. The van der Waals surface area contributed by atoms with Crippen LogP contribution < -0.4 is 27.8 Å². The van der Waals surface area contributed by atoms with Crippen LogP contribution >= 0.6 is 22.9 Å². The lowest BCUT2D eigenvalue weighted by atomic mass is 9.81. The molecule has 3 aromatic carbocycles. The number of piperidine rings is 1. The molecule has 16 rings (SSSR count). The summed E-state index contributed by atoms with van der Waals surface area (Å²) in [5.41, 5.74) is 29.6. The molecular weight excluding hydrogens is 1290 g/mol. The third-order valence-corrected chi connectivity index (χ3v) is 20.4. The number of nitrogens with two attached hydrogens (primary N) is 3. The van der Waals surface area contributed by atoms with Crippen molar-refractivity contribution in [3.63, 3.8) is 0 Å². The van der Waals surface area contributed by atoms with Crippen LogP contribution in [0.3, 0.4) is 0 Å². The van der Waals surface area contributed by atoms with Gasteiger partial charge in [0, 0.05) is 102 Å². The highest BCUT2D eigenvalue weighted by atomic mass is 35.5. The summed E-state index contributed by atoms with van der Waals surface area (Å²) in [6.07, 6.45) is 14.3. The average Bonchev–Trinajstić information content (AvgIpc) is 1.62. The number of rotatable bonds is 13. The Morgan fingerprint density at radius 1 is 0.566 bits per heavy atom. The maximum Gasteiger partial charge on any atom is 0.319 e. The Kier molecular flexibility index (Phi) is 20.5. The molecule has 13 aromatic rings. The number of H-pyrrole nitrogens is 3. The molecule has 10 aromatic heterocycles. The van der Waals surface area contributed by atoms with E-state index in [9.17, 15) is 14.4 Å². The van der Waals surface area contributed by atoms with Gasteiger partial charge in [-0.15, -0.1) is 0 Å². The number of amides is 4. The second-order valence-corrected chi connectivity index (χ2v) is 26.6. The predicted octanol–water partition coefficient (Wildman–Crippen LogP) is 13.3. The third kappa shape index (κ3) is 13.9. The van der Waals surface area contributed by atoms with E-state index in [4.69, 9.17) is 43.8 Å². The number of nitrogen functional groups attached to an aromatic ring is 3. The SMILES string of the molecule is C.C.CC(=O)NCC1CCC(c2nc(-c3cc4ccccc4[nH]3)c3c(N)ncnn23)CC1.CCN(CC)C(=O)N1CCC(c2nc(-c3cc4cccc(Cl)c4[nH]3)c3c(N)ncnn23)CC1.Nc1ncnn2c(C3CCC(CNC(=O)c4ccsc4)CC3)nc(-c3cc4ccccc4[nH]3)c12. The van der Waals surface area contributed by atoms with Crippen LogP contribution in [0.1, 0.15) is 145 Å². The maximum atomic E-state index is 12.7. The van der Waals surface area contributed by atoms with E-state index >= 15 is 0 Å². The van der Waals surface area contributed by atoms with Crippen molar-refractivity contribution in [3.05, 3.63) is 149 Å².